The van der Waals surface area contributed by atoms with Crippen molar-refractivity contribution in [2.75, 3.05) is 20.3 Å². The summed E-state index contributed by atoms with van der Waals surface area (Å²) in [5.41, 5.74) is 1.89. The molecule has 0 atom stereocenters. The lowest BCUT2D eigenvalue weighted by Gasteiger charge is -2.00. The van der Waals surface area contributed by atoms with Gasteiger partial charge in [-0.05, 0) is 26.3 Å². The molecule has 5 nitrogen and oxygen atoms in total. The number of thiazole rings is 1. The molecule has 108 valence electrons. The first-order valence-electron chi connectivity index (χ1n) is 6.51. The summed E-state index contributed by atoms with van der Waals surface area (Å²) >= 11 is 1.64. The Bertz CT molecular complexity index is 628. The van der Waals surface area contributed by atoms with Crippen LogP contribution in [0.4, 0.5) is 0 Å². The van der Waals surface area contributed by atoms with Crippen LogP contribution in [0.15, 0.2) is 12.3 Å². The maximum atomic E-state index is 11.7. The molecule has 2 aromatic heterocycles. The highest BCUT2D eigenvalue weighted by Gasteiger charge is 2.08. The number of aromatic nitrogens is 2. The SMILES string of the molecule is COCCCNC(=O)C=Cc1c(C)nc2sc(C)cn12. The summed E-state index contributed by atoms with van der Waals surface area (Å²) in [5, 5.41) is 2.82. The lowest BCUT2D eigenvalue weighted by Crippen LogP contribution is -2.22. The third kappa shape index (κ3) is 3.46. The Morgan fingerprint density at radius 3 is 3.10 bits per heavy atom. The van der Waals surface area contributed by atoms with Crippen LogP contribution in [0.2, 0.25) is 0 Å². The molecule has 0 saturated carbocycles. The number of ether oxygens (including phenoxy) is 1. The summed E-state index contributed by atoms with van der Waals surface area (Å²) in [6.07, 6.45) is 6.22. The van der Waals surface area contributed by atoms with Crippen LogP contribution in [-0.2, 0) is 9.53 Å². The predicted octanol–water partition coefficient (Wildman–Crippen LogP) is 2.18. The van der Waals surface area contributed by atoms with Crippen molar-refractivity contribution in [2.24, 2.45) is 0 Å². The monoisotopic (exact) mass is 293 g/mol. The van der Waals surface area contributed by atoms with E-state index in [2.05, 4.69) is 10.3 Å². The number of hydrogen-bond acceptors (Lipinski definition) is 4. The van der Waals surface area contributed by atoms with Crippen molar-refractivity contribution in [1.82, 2.24) is 14.7 Å². The molecule has 0 aliphatic heterocycles. The lowest BCUT2D eigenvalue weighted by atomic mass is 10.3. The molecular formula is C14H19N3O2S. The highest BCUT2D eigenvalue weighted by atomic mass is 32.1. The molecular weight excluding hydrogens is 274 g/mol. The van der Waals surface area contributed by atoms with Crippen molar-refractivity contribution in [3.8, 4) is 0 Å². The topological polar surface area (TPSA) is 55.6 Å². The van der Waals surface area contributed by atoms with E-state index in [4.69, 9.17) is 4.74 Å². The van der Waals surface area contributed by atoms with Crippen LogP contribution in [0, 0.1) is 13.8 Å². The second-order valence-electron chi connectivity index (χ2n) is 4.55. The van der Waals surface area contributed by atoms with Crippen molar-refractivity contribution in [2.45, 2.75) is 20.3 Å². The van der Waals surface area contributed by atoms with Crippen LogP contribution < -0.4 is 5.32 Å². The van der Waals surface area contributed by atoms with E-state index in [1.54, 1.807) is 24.5 Å². The predicted molar refractivity (Wildman–Crippen MR) is 81.1 cm³/mol. The summed E-state index contributed by atoms with van der Waals surface area (Å²) in [6, 6.07) is 0. The van der Waals surface area contributed by atoms with Gasteiger partial charge in [-0.25, -0.2) is 4.98 Å². The fourth-order valence-corrected chi connectivity index (χ4v) is 2.80. The van der Waals surface area contributed by atoms with Gasteiger partial charge in [-0.1, -0.05) is 0 Å². The zero-order valence-electron chi connectivity index (χ0n) is 12.0. The number of aryl methyl sites for hydroxylation is 2. The molecule has 1 N–H and O–H groups in total. The van der Waals surface area contributed by atoms with Crippen LogP contribution in [0.25, 0.3) is 11.0 Å². The van der Waals surface area contributed by atoms with E-state index >= 15 is 0 Å². The van der Waals surface area contributed by atoms with Crippen molar-refractivity contribution < 1.29 is 9.53 Å². The van der Waals surface area contributed by atoms with E-state index in [-0.39, 0.29) is 5.91 Å². The van der Waals surface area contributed by atoms with E-state index in [0.29, 0.717) is 13.2 Å². The third-order valence-corrected chi connectivity index (χ3v) is 3.78. The molecule has 1 amide bonds. The van der Waals surface area contributed by atoms with Gasteiger partial charge in [0.1, 0.15) is 0 Å². The maximum Gasteiger partial charge on any atom is 0.244 e. The Hall–Kier alpha value is -1.66. The number of nitrogens with zero attached hydrogens (tertiary/aromatic N) is 2. The van der Waals surface area contributed by atoms with Gasteiger partial charge in [-0.3, -0.25) is 9.20 Å². The highest BCUT2D eigenvalue weighted by Crippen LogP contribution is 2.21. The number of amides is 1. The van der Waals surface area contributed by atoms with Gasteiger partial charge in [-0.15, -0.1) is 11.3 Å². The molecule has 0 saturated heterocycles. The molecule has 0 unspecified atom stereocenters. The Labute approximate surface area is 122 Å². The van der Waals surface area contributed by atoms with E-state index in [9.17, 15) is 4.79 Å². The van der Waals surface area contributed by atoms with Gasteiger partial charge in [0.05, 0.1) is 11.4 Å². The quantitative estimate of drug-likeness (QED) is 0.656. The number of carbonyl (C=O) groups is 1. The number of rotatable bonds is 6. The Morgan fingerprint density at radius 2 is 2.35 bits per heavy atom. The zero-order chi connectivity index (χ0) is 14.5. The fraction of sp³-hybridized carbons (Fsp3) is 0.429. The molecule has 6 heteroatoms. The van der Waals surface area contributed by atoms with Crippen molar-refractivity contribution in [3.05, 3.63) is 28.5 Å². The van der Waals surface area contributed by atoms with Gasteiger partial charge in [-0.2, -0.15) is 0 Å². The molecule has 2 rings (SSSR count). The average molecular weight is 293 g/mol. The molecule has 0 aliphatic rings. The standard InChI is InChI=1S/C14H19N3O2S/c1-10-9-17-12(11(2)16-14(17)20-10)5-6-13(18)15-7-4-8-19-3/h5-6,9H,4,7-8H2,1-3H3,(H,15,18). The largest absolute Gasteiger partial charge is 0.385 e. The van der Waals surface area contributed by atoms with E-state index in [1.165, 1.54) is 4.88 Å². The zero-order valence-corrected chi connectivity index (χ0v) is 12.8. The van der Waals surface area contributed by atoms with Gasteiger partial charge in [0.2, 0.25) is 5.91 Å². The molecule has 0 fully saturated rings. The number of imidazole rings is 1. The molecule has 0 spiro atoms. The average Bonchev–Trinajstić information content (AvgIpc) is 2.88. The first kappa shape index (κ1) is 14.7. The molecule has 2 aromatic rings. The van der Waals surface area contributed by atoms with Crippen molar-refractivity contribution in [1.29, 1.82) is 0 Å². The minimum atomic E-state index is -0.0950. The van der Waals surface area contributed by atoms with Gasteiger partial charge in [0.25, 0.3) is 0 Å². The molecule has 0 radical (unpaired) electrons. The van der Waals surface area contributed by atoms with E-state index in [0.717, 1.165) is 22.8 Å². The van der Waals surface area contributed by atoms with E-state index in [1.807, 2.05) is 30.5 Å². The first-order valence-corrected chi connectivity index (χ1v) is 7.33. The molecule has 0 aromatic carbocycles. The van der Waals surface area contributed by atoms with Gasteiger partial charge >= 0.3 is 0 Å². The Balaban J connectivity index is 2.01. The van der Waals surface area contributed by atoms with Crippen LogP contribution in [0.1, 0.15) is 22.7 Å². The van der Waals surface area contributed by atoms with Crippen LogP contribution in [0.5, 0.6) is 0 Å². The van der Waals surface area contributed by atoms with E-state index < -0.39 is 0 Å². The summed E-state index contributed by atoms with van der Waals surface area (Å²) in [4.78, 5) is 18.3. The number of methoxy groups -OCH3 is 1. The van der Waals surface area contributed by atoms with Crippen LogP contribution in [-0.4, -0.2) is 35.6 Å². The number of carbonyl (C=O) groups excluding carboxylic acids is 1. The Kier molecular flexibility index (Phi) is 4.92. The number of fused-ring (bicyclic) bond motifs is 1. The number of hydrogen-bond donors (Lipinski definition) is 1. The first-order chi connectivity index (χ1) is 9.61. The lowest BCUT2D eigenvalue weighted by molar-refractivity contribution is -0.116. The van der Waals surface area contributed by atoms with Crippen molar-refractivity contribution >= 4 is 28.3 Å². The minimum Gasteiger partial charge on any atom is -0.385 e. The van der Waals surface area contributed by atoms with Crippen LogP contribution in [0.3, 0.4) is 0 Å². The maximum absolute atomic E-state index is 11.7. The minimum absolute atomic E-state index is 0.0950. The number of nitrogens with one attached hydrogen (secondary N) is 1. The summed E-state index contributed by atoms with van der Waals surface area (Å²) in [7, 11) is 1.65. The van der Waals surface area contributed by atoms with Gasteiger partial charge in [0, 0.05) is 37.4 Å². The smallest absolute Gasteiger partial charge is 0.244 e. The van der Waals surface area contributed by atoms with Gasteiger partial charge in [0.15, 0.2) is 4.96 Å². The highest BCUT2D eigenvalue weighted by molar-refractivity contribution is 7.17. The van der Waals surface area contributed by atoms with Crippen LogP contribution >= 0.6 is 11.3 Å². The second kappa shape index (κ2) is 6.67. The van der Waals surface area contributed by atoms with Crippen molar-refractivity contribution in [3.63, 3.8) is 0 Å². The second-order valence-corrected chi connectivity index (χ2v) is 5.76. The molecule has 2 heterocycles. The molecule has 0 aliphatic carbocycles. The Morgan fingerprint density at radius 1 is 1.55 bits per heavy atom. The molecule has 20 heavy (non-hydrogen) atoms. The van der Waals surface area contributed by atoms with Gasteiger partial charge < -0.3 is 10.1 Å². The summed E-state index contributed by atoms with van der Waals surface area (Å²) in [5.74, 6) is -0.0950. The summed E-state index contributed by atoms with van der Waals surface area (Å²) in [6.45, 7) is 5.27. The fourth-order valence-electron chi connectivity index (χ4n) is 1.92. The summed E-state index contributed by atoms with van der Waals surface area (Å²) < 4.78 is 6.95. The normalized spacial score (nSPS) is 11.6. The third-order valence-electron chi connectivity index (χ3n) is 2.88. The molecule has 0 bridgehead atoms.